The number of pyridine rings is 1. The predicted octanol–water partition coefficient (Wildman–Crippen LogP) is -3.71. The summed E-state index contributed by atoms with van der Waals surface area (Å²) in [6.07, 6.45) is -16.4. The summed E-state index contributed by atoms with van der Waals surface area (Å²) < 4.78 is 16.1. The molecule has 36 heavy (non-hydrogen) atoms. The number of carbonyl (C=O) groups is 1. The average Bonchev–Trinajstić information content (AvgIpc) is 2.88. The van der Waals surface area contributed by atoms with E-state index >= 15 is 0 Å². The van der Waals surface area contributed by atoms with Gasteiger partial charge >= 0.3 is 0 Å². The fraction of sp³-hybridized carbons (Fsp3) is 0.545. The summed E-state index contributed by atoms with van der Waals surface area (Å²) in [6.45, 7) is -1.08. The molecule has 3 heterocycles. The molecule has 0 unspecified atom stereocenters. The van der Waals surface area contributed by atoms with E-state index in [9.17, 15) is 45.6 Å². The highest BCUT2D eigenvalue weighted by Gasteiger charge is 2.49. The van der Waals surface area contributed by atoms with Crippen LogP contribution in [0.1, 0.15) is 10.5 Å². The second kappa shape index (κ2) is 10.9. The lowest BCUT2D eigenvalue weighted by Crippen LogP contribution is -2.64. The van der Waals surface area contributed by atoms with E-state index in [-0.39, 0.29) is 23.5 Å². The Hall–Kier alpha value is -2.50. The Labute approximate surface area is 203 Å². The second-order valence-electron chi connectivity index (χ2n) is 8.60. The van der Waals surface area contributed by atoms with Gasteiger partial charge in [-0.05, 0) is 12.1 Å². The molecular weight excluding hydrogens is 484 g/mol. The lowest BCUT2D eigenvalue weighted by molar-refractivity contribution is -0.374. The van der Waals surface area contributed by atoms with Gasteiger partial charge in [-0.25, -0.2) is 4.98 Å². The van der Waals surface area contributed by atoms with Crippen LogP contribution in [0.2, 0.25) is 0 Å². The van der Waals surface area contributed by atoms with E-state index in [4.69, 9.17) is 14.2 Å². The summed E-state index contributed by atoms with van der Waals surface area (Å²) in [5, 5.41) is 83.2. The van der Waals surface area contributed by atoms with Crippen LogP contribution in [0, 0.1) is 0 Å². The first-order valence-electron chi connectivity index (χ1n) is 11.1. The highest BCUT2D eigenvalue weighted by atomic mass is 16.8. The fourth-order valence-electron chi connectivity index (χ4n) is 4.05. The topological polar surface area (TPSA) is 232 Å². The van der Waals surface area contributed by atoms with Gasteiger partial charge in [0.25, 0.3) is 5.91 Å². The SMILES string of the molecule is O=C(NC[C@H]1O[C@H](O[C@H]2O[C@H](CO)[C@@H](O)[C@H](O)[C@H]2O)[C@H](O)[C@@H](O)[C@@H]1O)c1ccc2cccc(O)c2n1. The molecule has 0 bridgehead atoms. The molecule has 1 aromatic heterocycles. The number of amides is 1. The number of fused-ring (bicyclic) bond motifs is 1. The van der Waals surface area contributed by atoms with Gasteiger partial charge < -0.3 is 60.4 Å². The second-order valence-corrected chi connectivity index (χ2v) is 8.60. The van der Waals surface area contributed by atoms with Crippen molar-refractivity contribution in [3.8, 4) is 5.75 Å². The van der Waals surface area contributed by atoms with Crippen LogP contribution in [-0.4, -0.2) is 126 Å². The van der Waals surface area contributed by atoms with Crippen molar-refractivity contribution in [1.82, 2.24) is 10.3 Å². The molecule has 2 aliphatic rings. The van der Waals surface area contributed by atoms with E-state index in [0.717, 1.165) is 0 Å². The van der Waals surface area contributed by atoms with Crippen molar-refractivity contribution in [2.45, 2.75) is 61.4 Å². The normalized spacial score (nSPS) is 37.1. The first kappa shape index (κ1) is 26.6. The summed E-state index contributed by atoms with van der Waals surface area (Å²) in [4.78, 5) is 16.7. The Morgan fingerprint density at radius 2 is 1.47 bits per heavy atom. The Morgan fingerprint density at radius 1 is 0.861 bits per heavy atom. The minimum Gasteiger partial charge on any atom is -0.506 e. The number of hydrogen-bond donors (Lipinski definition) is 9. The van der Waals surface area contributed by atoms with Crippen molar-refractivity contribution < 1.29 is 59.9 Å². The number of para-hydroxylation sites is 1. The number of nitrogens with one attached hydrogen (secondary N) is 1. The number of carbonyl (C=O) groups excluding carboxylic acids is 1. The molecule has 2 saturated heterocycles. The summed E-state index contributed by atoms with van der Waals surface area (Å²) in [7, 11) is 0. The van der Waals surface area contributed by atoms with Crippen LogP contribution >= 0.6 is 0 Å². The number of rotatable bonds is 6. The summed E-state index contributed by atoms with van der Waals surface area (Å²) in [5.74, 6) is -0.790. The van der Waals surface area contributed by atoms with Crippen molar-refractivity contribution in [2.75, 3.05) is 13.2 Å². The van der Waals surface area contributed by atoms with Crippen LogP contribution < -0.4 is 5.32 Å². The van der Waals surface area contributed by atoms with E-state index in [0.29, 0.717) is 5.39 Å². The number of aliphatic hydroxyl groups is 7. The Bertz CT molecular complexity index is 1070. The lowest BCUT2D eigenvalue weighted by Gasteiger charge is -2.44. The van der Waals surface area contributed by atoms with Gasteiger partial charge in [0.05, 0.1) is 6.61 Å². The van der Waals surface area contributed by atoms with Gasteiger partial charge in [0.15, 0.2) is 12.6 Å². The summed E-state index contributed by atoms with van der Waals surface area (Å²) in [6, 6.07) is 7.78. The number of phenolic OH excluding ortho intramolecular Hbond substituents is 1. The van der Waals surface area contributed by atoms with Gasteiger partial charge in [-0.1, -0.05) is 18.2 Å². The molecule has 9 N–H and O–H groups in total. The molecular formula is C22H28N2O12. The quantitative estimate of drug-likeness (QED) is 0.182. The van der Waals surface area contributed by atoms with Crippen LogP contribution in [0.3, 0.4) is 0 Å². The van der Waals surface area contributed by atoms with E-state index in [1.165, 1.54) is 12.1 Å². The van der Waals surface area contributed by atoms with Crippen molar-refractivity contribution in [3.63, 3.8) is 0 Å². The van der Waals surface area contributed by atoms with Crippen LogP contribution in [0.15, 0.2) is 30.3 Å². The summed E-state index contributed by atoms with van der Waals surface area (Å²) in [5.41, 5.74) is 0.176. The first-order chi connectivity index (χ1) is 17.1. The van der Waals surface area contributed by atoms with Crippen LogP contribution in [-0.2, 0) is 14.2 Å². The number of nitrogens with zero attached hydrogens (tertiary/aromatic N) is 1. The number of benzene rings is 1. The number of aromatic nitrogens is 1. The van der Waals surface area contributed by atoms with E-state index in [1.54, 1.807) is 18.2 Å². The van der Waals surface area contributed by atoms with Crippen LogP contribution in [0.25, 0.3) is 10.9 Å². The third kappa shape index (κ3) is 5.14. The van der Waals surface area contributed by atoms with Crippen molar-refractivity contribution >= 4 is 16.8 Å². The number of hydrogen-bond acceptors (Lipinski definition) is 13. The zero-order valence-electron chi connectivity index (χ0n) is 18.7. The van der Waals surface area contributed by atoms with Crippen LogP contribution in [0.4, 0.5) is 0 Å². The molecule has 1 aromatic carbocycles. The zero-order valence-corrected chi connectivity index (χ0v) is 18.7. The minimum atomic E-state index is -1.82. The molecule has 0 saturated carbocycles. The van der Waals surface area contributed by atoms with Gasteiger partial charge in [0.1, 0.15) is 65.8 Å². The molecule has 10 atom stereocenters. The average molecular weight is 512 g/mol. The fourth-order valence-corrected chi connectivity index (χ4v) is 4.05. The highest BCUT2D eigenvalue weighted by Crippen LogP contribution is 2.28. The molecule has 198 valence electrons. The van der Waals surface area contributed by atoms with E-state index in [2.05, 4.69) is 10.3 Å². The highest BCUT2D eigenvalue weighted by molar-refractivity contribution is 5.95. The molecule has 4 rings (SSSR count). The van der Waals surface area contributed by atoms with Crippen molar-refractivity contribution in [2.24, 2.45) is 0 Å². The number of aromatic hydroxyl groups is 1. The molecule has 2 aliphatic heterocycles. The van der Waals surface area contributed by atoms with Crippen molar-refractivity contribution in [3.05, 3.63) is 36.0 Å². The van der Waals surface area contributed by atoms with Gasteiger partial charge in [0, 0.05) is 11.9 Å². The smallest absolute Gasteiger partial charge is 0.269 e. The molecule has 14 heteroatoms. The number of phenols is 1. The van der Waals surface area contributed by atoms with Crippen molar-refractivity contribution in [1.29, 1.82) is 0 Å². The minimum absolute atomic E-state index is 0.0380. The molecule has 0 radical (unpaired) electrons. The van der Waals surface area contributed by atoms with Gasteiger partial charge in [0.2, 0.25) is 0 Å². The molecule has 14 nitrogen and oxygen atoms in total. The Balaban J connectivity index is 1.42. The van der Waals surface area contributed by atoms with E-state index in [1.807, 2.05) is 0 Å². The summed E-state index contributed by atoms with van der Waals surface area (Å²) >= 11 is 0. The van der Waals surface area contributed by atoms with E-state index < -0.39 is 73.9 Å². The number of ether oxygens (including phenoxy) is 3. The third-order valence-electron chi connectivity index (χ3n) is 6.18. The van der Waals surface area contributed by atoms with Gasteiger partial charge in [-0.15, -0.1) is 0 Å². The third-order valence-corrected chi connectivity index (χ3v) is 6.18. The maximum atomic E-state index is 12.6. The lowest BCUT2D eigenvalue weighted by atomic mass is 9.98. The molecule has 0 spiro atoms. The molecule has 1 amide bonds. The molecule has 0 aliphatic carbocycles. The van der Waals surface area contributed by atoms with Gasteiger partial charge in [-0.3, -0.25) is 4.79 Å². The Morgan fingerprint density at radius 3 is 2.11 bits per heavy atom. The Kier molecular flexibility index (Phi) is 8.01. The monoisotopic (exact) mass is 512 g/mol. The standard InChI is InChI=1S/C22H28N2O12/c25-7-12-15(28)17(30)19(32)22(35-12)36-21-18(31)16(29)14(27)11(34-21)6-23-20(33)9-5-4-8-2-1-3-10(26)13(8)24-9/h1-5,11-12,14-19,21-22,25-32H,6-7H2,(H,23,33)/t11-,12-,14-,15-,16+,17+,18-,19-,21-,22-/m1/s1. The van der Waals surface area contributed by atoms with Gasteiger partial charge in [-0.2, -0.15) is 0 Å². The maximum absolute atomic E-state index is 12.6. The largest absolute Gasteiger partial charge is 0.506 e. The predicted molar refractivity (Wildman–Crippen MR) is 117 cm³/mol. The number of aliphatic hydroxyl groups excluding tert-OH is 7. The molecule has 2 fully saturated rings. The maximum Gasteiger partial charge on any atom is 0.269 e. The van der Waals surface area contributed by atoms with Crippen LogP contribution in [0.5, 0.6) is 5.75 Å². The zero-order chi connectivity index (χ0) is 26.1. The first-order valence-corrected chi connectivity index (χ1v) is 11.1. The molecule has 2 aromatic rings.